The van der Waals surface area contributed by atoms with Crippen molar-refractivity contribution in [1.82, 2.24) is 4.90 Å². The summed E-state index contributed by atoms with van der Waals surface area (Å²) in [4.78, 5) is 38.5. The van der Waals surface area contributed by atoms with Gasteiger partial charge in [0.05, 0.1) is 12.6 Å². The van der Waals surface area contributed by atoms with Crippen LogP contribution in [0.1, 0.15) is 53.4 Å². The Kier molecular flexibility index (Phi) is 4.78. The first kappa shape index (κ1) is 16.8. The lowest BCUT2D eigenvalue weighted by molar-refractivity contribution is -0.158. The molecule has 0 aromatic carbocycles. The molecule has 6 nitrogen and oxygen atoms in total. The molecule has 2 aliphatic heterocycles. The normalized spacial score (nSPS) is 28.3. The first-order chi connectivity index (χ1) is 10.2. The number of amides is 1. The molecule has 2 aliphatic rings. The number of rotatable bonds is 2. The van der Waals surface area contributed by atoms with Gasteiger partial charge in [0, 0.05) is 6.04 Å². The smallest absolute Gasteiger partial charge is 0.411 e. The topological polar surface area (TPSA) is 72.9 Å². The summed E-state index contributed by atoms with van der Waals surface area (Å²) in [5, 5.41) is 0. The molecule has 0 spiro atoms. The lowest BCUT2D eigenvalue weighted by atomic mass is 9.77. The van der Waals surface area contributed by atoms with Crippen LogP contribution in [-0.4, -0.2) is 47.0 Å². The van der Waals surface area contributed by atoms with Crippen LogP contribution in [0.3, 0.4) is 0 Å². The van der Waals surface area contributed by atoms with Crippen LogP contribution >= 0.6 is 0 Å². The highest BCUT2D eigenvalue weighted by Gasteiger charge is 2.50. The Morgan fingerprint density at radius 1 is 1.27 bits per heavy atom. The minimum Gasteiger partial charge on any atom is -0.465 e. The fourth-order valence-electron chi connectivity index (χ4n) is 3.26. The van der Waals surface area contributed by atoms with Crippen LogP contribution in [0.25, 0.3) is 0 Å². The van der Waals surface area contributed by atoms with Crippen molar-refractivity contribution in [2.75, 3.05) is 6.61 Å². The summed E-state index contributed by atoms with van der Waals surface area (Å²) in [7, 11) is 0. The molecule has 2 heterocycles. The second kappa shape index (κ2) is 6.26. The van der Waals surface area contributed by atoms with E-state index in [0.717, 1.165) is 12.8 Å². The van der Waals surface area contributed by atoms with Crippen LogP contribution in [0, 0.1) is 5.92 Å². The van der Waals surface area contributed by atoms with Gasteiger partial charge in [0.1, 0.15) is 11.5 Å². The molecular formula is C16H25NO5. The van der Waals surface area contributed by atoms with Gasteiger partial charge < -0.3 is 9.47 Å². The molecule has 2 bridgehead atoms. The molecule has 3 atom stereocenters. The standard InChI is InChI=1S/C16H25NO5/c1-5-21-14(19)11-9-10-7-6-8-12(13(11)18)17(10)15(20)22-16(2,3)4/h10-12H,5-9H2,1-4H3. The van der Waals surface area contributed by atoms with E-state index in [9.17, 15) is 14.4 Å². The lowest BCUT2D eigenvalue weighted by Gasteiger charge is -2.46. The SMILES string of the molecule is CCOC(=O)C1CC2CCCC(C1=O)N2C(=O)OC(C)(C)C. The van der Waals surface area contributed by atoms with Crippen molar-refractivity contribution in [2.45, 2.75) is 71.1 Å². The summed E-state index contributed by atoms with van der Waals surface area (Å²) in [6, 6.07) is -0.683. The zero-order valence-electron chi connectivity index (χ0n) is 13.8. The molecule has 0 N–H and O–H groups in total. The van der Waals surface area contributed by atoms with E-state index in [0.29, 0.717) is 12.8 Å². The van der Waals surface area contributed by atoms with Gasteiger partial charge in [-0.2, -0.15) is 0 Å². The minimum absolute atomic E-state index is 0.124. The van der Waals surface area contributed by atoms with Gasteiger partial charge in [-0.05, 0) is 53.4 Å². The molecule has 0 aliphatic carbocycles. The van der Waals surface area contributed by atoms with Crippen molar-refractivity contribution in [2.24, 2.45) is 5.92 Å². The highest BCUT2D eigenvalue weighted by molar-refractivity contribution is 6.03. The van der Waals surface area contributed by atoms with Crippen LogP contribution < -0.4 is 0 Å². The van der Waals surface area contributed by atoms with Crippen LogP contribution in [0.2, 0.25) is 0 Å². The summed E-state index contributed by atoms with van der Waals surface area (Å²) >= 11 is 0. The predicted octanol–water partition coefficient (Wildman–Crippen LogP) is 2.30. The Morgan fingerprint density at radius 2 is 1.95 bits per heavy atom. The molecule has 2 saturated heterocycles. The van der Waals surface area contributed by atoms with E-state index in [2.05, 4.69) is 0 Å². The summed E-state index contributed by atoms with van der Waals surface area (Å²) in [6.07, 6.45) is 2.14. The molecule has 0 aromatic rings. The summed E-state index contributed by atoms with van der Waals surface area (Å²) in [5.41, 5.74) is -0.605. The largest absolute Gasteiger partial charge is 0.465 e. The number of Topliss-reactive ketones (excluding diaryl/α,β-unsaturated/α-hetero) is 1. The van der Waals surface area contributed by atoms with Crippen molar-refractivity contribution in [3.8, 4) is 0 Å². The van der Waals surface area contributed by atoms with E-state index >= 15 is 0 Å². The van der Waals surface area contributed by atoms with Crippen molar-refractivity contribution < 1.29 is 23.9 Å². The van der Waals surface area contributed by atoms with Gasteiger partial charge >= 0.3 is 12.1 Å². The Bertz CT molecular complexity index is 468. The first-order valence-corrected chi connectivity index (χ1v) is 7.96. The van der Waals surface area contributed by atoms with E-state index in [4.69, 9.17) is 9.47 Å². The fourth-order valence-corrected chi connectivity index (χ4v) is 3.26. The van der Waals surface area contributed by atoms with E-state index in [-0.39, 0.29) is 18.4 Å². The number of esters is 1. The van der Waals surface area contributed by atoms with E-state index in [1.165, 1.54) is 0 Å². The zero-order valence-corrected chi connectivity index (χ0v) is 13.8. The van der Waals surface area contributed by atoms with Gasteiger partial charge in [-0.15, -0.1) is 0 Å². The Balaban J connectivity index is 2.17. The highest BCUT2D eigenvalue weighted by Crippen LogP contribution is 2.36. The van der Waals surface area contributed by atoms with Crippen molar-refractivity contribution in [3.05, 3.63) is 0 Å². The average Bonchev–Trinajstić information content (AvgIpc) is 2.40. The molecule has 2 fully saturated rings. The van der Waals surface area contributed by atoms with Gasteiger partial charge in [-0.1, -0.05) is 0 Å². The molecular weight excluding hydrogens is 286 g/mol. The number of hydrogen-bond acceptors (Lipinski definition) is 5. The first-order valence-electron chi connectivity index (χ1n) is 7.96. The number of carbonyl (C=O) groups excluding carboxylic acids is 3. The maximum Gasteiger partial charge on any atom is 0.411 e. The average molecular weight is 311 g/mol. The summed E-state index contributed by atoms with van der Waals surface area (Å²) in [6.45, 7) is 7.38. The maximum atomic E-state index is 12.6. The molecule has 124 valence electrons. The van der Waals surface area contributed by atoms with Crippen LogP contribution in [-0.2, 0) is 19.1 Å². The number of fused-ring (bicyclic) bond motifs is 2. The predicted molar refractivity (Wildman–Crippen MR) is 79.2 cm³/mol. The molecule has 0 radical (unpaired) electrons. The second-order valence-corrected chi connectivity index (χ2v) is 6.93. The van der Waals surface area contributed by atoms with Gasteiger partial charge in [0.25, 0.3) is 0 Å². The molecule has 0 aromatic heterocycles. The number of ether oxygens (including phenoxy) is 2. The van der Waals surface area contributed by atoms with Gasteiger partial charge in [0.2, 0.25) is 0 Å². The monoisotopic (exact) mass is 311 g/mol. The second-order valence-electron chi connectivity index (χ2n) is 6.93. The van der Waals surface area contributed by atoms with Gasteiger partial charge in [-0.25, -0.2) is 4.79 Å². The quantitative estimate of drug-likeness (QED) is 0.578. The van der Waals surface area contributed by atoms with Crippen molar-refractivity contribution in [3.63, 3.8) is 0 Å². The Labute approximate surface area is 131 Å². The zero-order chi connectivity index (χ0) is 16.5. The van der Waals surface area contributed by atoms with Crippen LogP contribution in [0.5, 0.6) is 0 Å². The number of carbonyl (C=O) groups is 3. The third kappa shape index (κ3) is 3.42. The fraction of sp³-hybridized carbons (Fsp3) is 0.812. The van der Waals surface area contributed by atoms with E-state index in [1.807, 2.05) is 0 Å². The van der Waals surface area contributed by atoms with E-state index in [1.54, 1.807) is 32.6 Å². The molecule has 1 amide bonds. The molecule has 0 saturated carbocycles. The Hall–Kier alpha value is -1.59. The molecule has 2 rings (SSSR count). The third-order valence-corrected chi connectivity index (χ3v) is 4.10. The van der Waals surface area contributed by atoms with Crippen molar-refractivity contribution in [1.29, 1.82) is 0 Å². The highest BCUT2D eigenvalue weighted by atomic mass is 16.6. The summed E-state index contributed by atoms with van der Waals surface area (Å²) < 4.78 is 10.4. The minimum atomic E-state index is -0.742. The third-order valence-electron chi connectivity index (χ3n) is 4.10. The number of nitrogens with zero attached hydrogens (tertiary/aromatic N) is 1. The molecule has 6 heteroatoms. The van der Waals surface area contributed by atoms with Gasteiger partial charge in [-0.3, -0.25) is 14.5 Å². The summed E-state index contributed by atoms with van der Waals surface area (Å²) in [5.74, 6) is -1.41. The van der Waals surface area contributed by atoms with Crippen LogP contribution in [0.4, 0.5) is 4.79 Å². The van der Waals surface area contributed by atoms with Crippen molar-refractivity contribution >= 4 is 17.8 Å². The number of piperidine rings is 2. The van der Waals surface area contributed by atoms with E-state index < -0.39 is 29.6 Å². The molecule has 22 heavy (non-hydrogen) atoms. The number of ketones is 1. The molecule has 3 unspecified atom stereocenters. The number of hydrogen-bond donors (Lipinski definition) is 0. The lowest BCUT2D eigenvalue weighted by Crippen LogP contribution is -2.61. The maximum absolute atomic E-state index is 12.6. The van der Waals surface area contributed by atoms with Crippen LogP contribution in [0.15, 0.2) is 0 Å². The van der Waals surface area contributed by atoms with Gasteiger partial charge in [0.15, 0.2) is 5.78 Å². The Morgan fingerprint density at radius 3 is 2.55 bits per heavy atom.